The molecule has 0 saturated carbocycles. The molecule has 0 fully saturated rings. The van der Waals surface area contributed by atoms with Crippen LogP contribution in [0.2, 0.25) is 0 Å². The van der Waals surface area contributed by atoms with Crippen molar-refractivity contribution in [3.63, 3.8) is 0 Å². The molecule has 2 aromatic heterocycles. The second-order valence-electron chi connectivity index (χ2n) is 8.83. The minimum Gasteiger partial charge on any atom is -0.508 e. The van der Waals surface area contributed by atoms with Gasteiger partial charge in [0, 0.05) is 41.5 Å². The van der Waals surface area contributed by atoms with Crippen LogP contribution in [0.25, 0.3) is 44.6 Å². The van der Waals surface area contributed by atoms with Gasteiger partial charge in [0.1, 0.15) is 50.7 Å². The van der Waals surface area contributed by atoms with Crippen molar-refractivity contribution in [2.45, 2.75) is 0 Å². The van der Waals surface area contributed by atoms with E-state index in [2.05, 4.69) is 0 Å². The van der Waals surface area contributed by atoms with Crippen LogP contribution in [0, 0.1) is 0 Å². The molecule has 4 aromatic carbocycles. The Morgan fingerprint density at radius 1 is 0.512 bits per heavy atom. The van der Waals surface area contributed by atoms with E-state index in [1.165, 1.54) is 18.2 Å². The van der Waals surface area contributed by atoms with Crippen LogP contribution >= 0.6 is 0 Å². The summed E-state index contributed by atoms with van der Waals surface area (Å²) in [6.07, 6.45) is 0. The van der Waals surface area contributed by atoms with Crippen molar-refractivity contribution < 1.29 is 44.6 Å². The molecular weight excluding hydrogens is 536 g/mol. The third-order valence-electron chi connectivity index (χ3n) is 6.03. The molecule has 0 aliphatic rings. The zero-order valence-electron chi connectivity index (χ0n) is 20.8. The van der Waals surface area contributed by atoms with E-state index in [0.29, 0.717) is 5.76 Å². The Morgan fingerprint density at radius 3 is 1.76 bits per heavy atom. The first-order valence-corrected chi connectivity index (χ1v) is 11.8. The van der Waals surface area contributed by atoms with E-state index in [4.69, 9.17) is 8.83 Å². The van der Waals surface area contributed by atoms with Gasteiger partial charge in [0.15, 0.2) is 22.7 Å². The van der Waals surface area contributed by atoms with E-state index >= 15 is 0 Å². The summed E-state index contributed by atoms with van der Waals surface area (Å²) in [5, 5.41) is 66.8. The summed E-state index contributed by atoms with van der Waals surface area (Å²) >= 11 is 0. The van der Waals surface area contributed by atoms with Crippen molar-refractivity contribution in [1.29, 1.82) is 0 Å². The monoisotopic (exact) mass is 556 g/mol. The third kappa shape index (κ3) is 5.02. The minimum atomic E-state index is -0.888. The van der Waals surface area contributed by atoms with Gasteiger partial charge in [-0.3, -0.25) is 9.59 Å². The molecule has 6 rings (SSSR count). The highest BCUT2D eigenvalue weighted by Crippen LogP contribution is 2.37. The Morgan fingerprint density at radius 2 is 1.12 bits per heavy atom. The smallest absolute Gasteiger partial charge is 0.238 e. The number of benzene rings is 4. The molecule has 206 valence electrons. The van der Waals surface area contributed by atoms with E-state index in [0.717, 1.165) is 35.9 Å². The first kappa shape index (κ1) is 26.5. The molecule has 0 bridgehead atoms. The van der Waals surface area contributed by atoms with Gasteiger partial charge in [0.25, 0.3) is 0 Å². The zero-order chi connectivity index (χ0) is 29.4. The van der Waals surface area contributed by atoms with Gasteiger partial charge in [-0.2, -0.15) is 0 Å². The highest BCUT2D eigenvalue weighted by atomic mass is 16.4. The maximum Gasteiger partial charge on any atom is 0.238 e. The average Bonchev–Trinajstić information content (AvgIpc) is 2.92. The number of phenolic OH excluding ortho intramolecular Hbond substituents is 6. The van der Waals surface area contributed by atoms with E-state index in [1.807, 2.05) is 30.3 Å². The minimum absolute atomic E-state index is 0.0671. The van der Waals surface area contributed by atoms with E-state index in [-0.39, 0.29) is 61.7 Å². The molecule has 0 atom stereocenters. The molecule has 2 heterocycles. The van der Waals surface area contributed by atoms with Gasteiger partial charge in [-0.05, 0) is 18.2 Å². The Bertz CT molecular complexity index is 2060. The van der Waals surface area contributed by atoms with Crippen LogP contribution in [-0.4, -0.2) is 35.7 Å². The van der Waals surface area contributed by atoms with Crippen LogP contribution in [-0.2, 0) is 0 Å². The molecular formula is C30H20O11. The van der Waals surface area contributed by atoms with Gasteiger partial charge < -0.3 is 44.6 Å². The predicted molar refractivity (Wildman–Crippen MR) is 147 cm³/mol. The largest absolute Gasteiger partial charge is 0.508 e. The van der Waals surface area contributed by atoms with Crippen LogP contribution in [0.1, 0.15) is 0 Å². The molecule has 7 N–H and O–H groups in total. The Balaban J connectivity index is 0.000000166. The first-order valence-electron chi connectivity index (χ1n) is 11.8. The van der Waals surface area contributed by atoms with Crippen molar-refractivity contribution in [3.8, 4) is 62.9 Å². The predicted octanol–water partition coefficient (Wildman–Crippen LogP) is 4.86. The lowest BCUT2D eigenvalue weighted by molar-refractivity contribution is 0.403. The molecule has 6 aromatic rings. The fraction of sp³-hybridized carbons (Fsp3) is 0. The quantitative estimate of drug-likeness (QED) is 0.144. The van der Waals surface area contributed by atoms with Gasteiger partial charge in [0.05, 0.1) is 0 Å². The molecule has 0 amide bonds. The fourth-order valence-corrected chi connectivity index (χ4v) is 4.13. The molecule has 41 heavy (non-hydrogen) atoms. The number of hydrogen-bond donors (Lipinski definition) is 7. The van der Waals surface area contributed by atoms with Gasteiger partial charge >= 0.3 is 0 Å². The Hall–Kier alpha value is -6.10. The van der Waals surface area contributed by atoms with Crippen LogP contribution in [0.15, 0.2) is 97.3 Å². The number of aromatic hydroxyl groups is 7. The average molecular weight is 556 g/mol. The summed E-state index contributed by atoms with van der Waals surface area (Å²) in [6, 6.07) is 18.5. The summed E-state index contributed by atoms with van der Waals surface area (Å²) in [7, 11) is 0. The molecule has 0 spiro atoms. The van der Waals surface area contributed by atoms with Crippen molar-refractivity contribution >= 4 is 21.9 Å². The van der Waals surface area contributed by atoms with Gasteiger partial charge in [-0.1, -0.05) is 30.3 Å². The summed E-state index contributed by atoms with van der Waals surface area (Å²) in [6.45, 7) is 0. The summed E-state index contributed by atoms with van der Waals surface area (Å²) in [4.78, 5) is 24.1. The Labute approximate surface area is 228 Å². The first-order chi connectivity index (χ1) is 19.5. The second kappa shape index (κ2) is 10.2. The normalized spacial score (nSPS) is 10.8. The topological polar surface area (TPSA) is 202 Å². The number of fused-ring (bicyclic) bond motifs is 2. The van der Waals surface area contributed by atoms with Crippen LogP contribution in [0.5, 0.6) is 40.2 Å². The number of rotatable bonds is 2. The molecule has 0 aliphatic heterocycles. The van der Waals surface area contributed by atoms with Gasteiger partial charge in [-0.15, -0.1) is 0 Å². The number of hydrogen-bond acceptors (Lipinski definition) is 11. The van der Waals surface area contributed by atoms with Crippen LogP contribution in [0.3, 0.4) is 0 Å². The lowest BCUT2D eigenvalue weighted by Crippen LogP contribution is -2.02. The summed E-state index contributed by atoms with van der Waals surface area (Å²) in [5.41, 5.74) is -0.329. The summed E-state index contributed by atoms with van der Waals surface area (Å²) < 4.78 is 10.9. The zero-order valence-corrected chi connectivity index (χ0v) is 20.8. The molecule has 0 radical (unpaired) electrons. The standard InChI is InChI=1S/C15H10O7.C15H10O4/c16-7-4-10(19)12-11(5-7)22-15(14(21)13(12)20)6-1-2-8(17)9(18)3-6;16-10-6-11(17)15-12(18)8-13(19-14(15)7-10)9-4-2-1-3-5-9/h1-5,16-19,21H;1-8,16-17H. The molecule has 0 unspecified atom stereocenters. The van der Waals surface area contributed by atoms with Crippen molar-refractivity contribution in [1.82, 2.24) is 0 Å². The van der Waals surface area contributed by atoms with Gasteiger partial charge in [-0.25, -0.2) is 0 Å². The molecule has 0 aliphatic carbocycles. The van der Waals surface area contributed by atoms with Crippen LogP contribution < -0.4 is 10.9 Å². The number of phenols is 6. The SMILES string of the molecule is O=c1c(O)c(-c2ccc(O)c(O)c2)oc2cc(O)cc(O)c12.O=c1cc(-c2ccccc2)oc2cc(O)cc(O)c12. The summed E-state index contributed by atoms with van der Waals surface area (Å²) in [5.74, 6) is -2.77. The highest BCUT2D eigenvalue weighted by molar-refractivity contribution is 5.88. The highest BCUT2D eigenvalue weighted by Gasteiger charge is 2.19. The lowest BCUT2D eigenvalue weighted by atomic mass is 10.1. The van der Waals surface area contributed by atoms with E-state index in [1.54, 1.807) is 0 Å². The van der Waals surface area contributed by atoms with Crippen molar-refractivity contribution in [2.24, 2.45) is 0 Å². The fourth-order valence-electron chi connectivity index (χ4n) is 4.13. The Kier molecular flexibility index (Phi) is 6.61. The van der Waals surface area contributed by atoms with E-state index < -0.39 is 22.7 Å². The van der Waals surface area contributed by atoms with Crippen LogP contribution in [0.4, 0.5) is 0 Å². The second-order valence-corrected chi connectivity index (χ2v) is 8.83. The maximum absolute atomic E-state index is 12.1. The van der Waals surface area contributed by atoms with Crippen molar-refractivity contribution in [3.05, 3.63) is 99.3 Å². The lowest BCUT2D eigenvalue weighted by Gasteiger charge is -2.08. The third-order valence-corrected chi connectivity index (χ3v) is 6.03. The molecule has 11 heteroatoms. The van der Waals surface area contributed by atoms with Gasteiger partial charge in [0.2, 0.25) is 11.2 Å². The molecule has 11 nitrogen and oxygen atoms in total. The maximum atomic E-state index is 12.1. The van der Waals surface area contributed by atoms with E-state index in [9.17, 15) is 45.3 Å². The molecule has 0 saturated heterocycles. The van der Waals surface area contributed by atoms with Crippen molar-refractivity contribution in [2.75, 3.05) is 0 Å².